The largest absolute Gasteiger partial charge is 0.353 e. The lowest BCUT2D eigenvalue weighted by molar-refractivity contribution is -0.126. The Balaban J connectivity index is 1.65. The highest BCUT2D eigenvalue weighted by Gasteiger charge is 2.25. The van der Waals surface area contributed by atoms with Crippen LogP contribution >= 0.6 is 0 Å². The summed E-state index contributed by atoms with van der Waals surface area (Å²) in [5.74, 6) is 1.43. The minimum Gasteiger partial charge on any atom is -0.353 e. The molecule has 116 valence electrons. The van der Waals surface area contributed by atoms with Crippen LogP contribution in [0.2, 0.25) is 0 Å². The normalized spacial score (nSPS) is 29.9. The van der Waals surface area contributed by atoms with Crippen molar-refractivity contribution in [3.05, 3.63) is 0 Å². The summed E-state index contributed by atoms with van der Waals surface area (Å²) in [6.45, 7) is 5.33. The van der Waals surface area contributed by atoms with Gasteiger partial charge in [0.2, 0.25) is 5.91 Å². The van der Waals surface area contributed by atoms with Crippen molar-refractivity contribution < 1.29 is 4.79 Å². The fourth-order valence-electron chi connectivity index (χ4n) is 3.76. The van der Waals surface area contributed by atoms with Gasteiger partial charge in [0.15, 0.2) is 0 Å². The number of carbonyl (C=O) groups excluding carboxylic acids is 1. The highest BCUT2D eigenvalue weighted by atomic mass is 16.1. The highest BCUT2D eigenvalue weighted by molar-refractivity contribution is 5.79. The Morgan fingerprint density at radius 3 is 2.70 bits per heavy atom. The van der Waals surface area contributed by atoms with Gasteiger partial charge in [-0.25, -0.2) is 0 Å². The number of piperidine rings is 1. The number of hydrogen-bond donors (Lipinski definition) is 2. The molecule has 1 amide bonds. The molecular weight excluding hydrogens is 248 g/mol. The van der Waals surface area contributed by atoms with Gasteiger partial charge >= 0.3 is 0 Å². The van der Waals surface area contributed by atoms with Crippen LogP contribution in [-0.2, 0) is 4.79 Å². The molecule has 2 fully saturated rings. The molecular formula is C17H32N2O. The van der Waals surface area contributed by atoms with E-state index >= 15 is 0 Å². The second kappa shape index (κ2) is 8.02. The summed E-state index contributed by atoms with van der Waals surface area (Å²) < 4.78 is 0. The van der Waals surface area contributed by atoms with E-state index in [0.29, 0.717) is 12.1 Å². The van der Waals surface area contributed by atoms with E-state index in [9.17, 15) is 4.79 Å². The van der Waals surface area contributed by atoms with E-state index in [1.54, 1.807) is 0 Å². The molecule has 2 rings (SSSR count). The van der Waals surface area contributed by atoms with Crippen LogP contribution in [0.3, 0.4) is 0 Å². The first-order chi connectivity index (χ1) is 9.65. The second-order valence-corrected chi connectivity index (χ2v) is 7.07. The molecule has 0 bridgehead atoms. The first kappa shape index (κ1) is 15.8. The molecule has 1 unspecified atom stereocenters. The summed E-state index contributed by atoms with van der Waals surface area (Å²) >= 11 is 0. The summed E-state index contributed by atoms with van der Waals surface area (Å²) in [5, 5.41) is 6.65. The van der Waals surface area contributed by atoms with Gasteiger partial charge < -0.3 is 10.6 Å². The number of hydrogen-bond acceptors (Lipinski definition) is 2. The van der Waals surface area contributed by atoms with Gasteiger partial charge in [0, 0.05) is 18.0 Å². The highest BCUT2D eigenvalue weighted by Crippen LogP contribution is 2.27. The number of rotatable bonds is 5. The van der Waals surface area contributed by atoms with Gasteiger partial charge in [0.1, 0.15) is 0 Å². The fourth-order valence-corrected chi connectivity index (χ4v) is 3.76. The molecule has 1 saturated carbocycles. The minimum absolute atomic E-state index is 0.225. The zero-order chi connectivity index (χ0) is 14.4. The predicted octanol–water partition coefficient (Wildman–Crippen LogP) is 3.24. The SMILES string of the molecule is CC(CCC1CCCCC1)NC(=O)[C@H]1CCN[C@@H](C)C1. The van der Waals surface area contributed by atoms with Crippen LogP contribution < -0.4 is 10.6 Å². The van der Waals surface area contributed by atoms with Crippen LogP contribution in [0.15, 0.2) is 0 Å². The Labute approximate surface area is 124 Å². The van der Waals surface area contributed by atoms with E-state index in [0.717, 1.165) is 31.7 Å². The molecule has 0 aromatic heterocycles. The number of carbonyl (C=O) groups is 1. The third kappa shape index (κ3) is 5.08. The molecule has 1 heterocycles. The Bertz CT molecular complexity index is 299. The van der Waals surface area contributed by atoms with Crippen molar-refractivity contribution in [3.8, 4) is 0 Å². The average molecular weight is 280 g/mol. The van der Waals surface area contributed by atoms with E-state index in [1.165, 1.54) is 38.5 Å². The monoisotopic (exact) mass is 280 g/mol. The average Bonchev–Trinajstić information content (AvgIpc) is 2.46. The maximum absolute atomic E-state index is 12.3. The van der Waals surface area contributed by atoms with Crippen molar-refractivity contribution in [2.24, 2.45) is 11.8 Å². The number of amides is 1. The first-order valence-corrected chi connectivity index (χ1v) is 8.69. The van der Waals surface area contributed by atoms with Gasteiger partial charge in [-0.15, -0.1) is 0 Å². The van der Waals surface area contributed by atoms with Crippen LogP contribution in [0.5, 0.6) is 0 Å². The van der Waals surface area contributed by atoms with E-state index in [1.807, 2.05) is 0 Å². The van der Waals surface area contributed by atoms with Gasteiger partial charge in [-0.3, -0.25) is 4.79 Å². The Kier molecular flexibility index (Phi) is 6.34. The summed E-state index contributed by atoms with van der Waals surface area (Å²) in [4.78, 5) is 12.3. The second-order valence-electron chi connectivity index (χ2n) is 7.07. The Morgan fingerprint density at radius 2 is 2.00 bits per heavy atom. The number of nitrogens with one attached hydrogen (secondary N) is 2. The minimum atomic E-state index is 0.225. The maximum Gasteiger partial charge on any atom is 0.223 e. The topological polar surface area (TPSA) is 41.1 Å². The van der Waals surface area contributed by atoms with Crippen molar-refractivity contribution in [2.45, 2.75) is 83.7 Å². The van der Waals surface area contributed by atoms with Gasteiger partial charge in [0.05, 0.1) is 0 Å². The molecule has 3 nitrogen and oxygen atoms in total. The van der Waals surface area contributed by atoms with Crippen molar-refractivity contribution in [1.29, 1.82) is 0 Å². The van der Waals surface area contributed by atoms with E-state index in [-0.39, 0.29) is 11.8 Å². The molecule has 0 spiro atoms. The lowest BCUT2D eigenvalue weighted by Crippen LogP contribution is -2.44. The van der Waals surface area contributed by atoms with Crippen molar-refractivity contribution in [3.63, 3.8) is 0 Å². The maximum atomic E-state index is 12.3. The summed E-state index contributed by atoms with van der Waals surface area (Å²) in [6.07, 6.45) is 11.5. The molecule has 1 aliphatic carbocycles. The van der Waals surface area contributed by atoms with E-state index in [4.69, 9.17) is 0 Å². The lowest BCUT2D eigenvalue weighted by Gasteiger charge is -2.29. The van der Waals surface area contributed by atoms with Crippen LogP contribution in [-0.4, -0.2) is 24.5 Å². The van der Waals surface area contributed by atoms with Gasteiger partial charge in [0.25, 0.3) is 0 Å². The fraction of sp³-hybridized carbons (Fsp3) is 0.941. The molecule has 3 atom stereocenters. The van der Waals surface area contributed by atoms with Gasteiger partial charge in [-0.2, -0.15) is 0 Å². The molecule has 0 aromatic carbocycles. The quantitative estimate of drug-likeness (QED) is 0.811. The van der Waals surface area contributed by atoms with Gasteiger partial charge in [-0.05, 0) is 52.0 Å². The molecule has 20 heavy (non-hydrogen) atoms. The zero-order valence-electron chi connectivity index (χ0n) is 13.3. The Hall–Kier alpha value is -0.570. The van der Waals surface area contributed by atoms with Crippen molar-refractivity contribution in [2.75, 3.05) is 6.54 Å². The van der Waals surface area contributed by atoms with Crippen molar-refractivity contribution in [1.82, 2.24) is 10.6 Å². The third-order valence-electron chi connectivity index (χ3n) is 5.12. The summed E-state index contributed by atoms with van der Waals surface area (Å²) in [6, 6.07) is 0.826. The summed E-state index contributed by atoms with van der Waals surface area (Å²) in [5.41, 5.74) is 0. The molecule has 0 aromatic rings. The Morgan fingerprint density at radius 1 is 1.25 bits per heavy atom. The van der Waals surface area contributed by atoms with Crippen molar-refractivity contribution >= 4 is 5.91 Å². The van der Waals surface area contributed by atoms with Crippen LogP contribution in [0.1, 0.15) is 71.6 Å². The summed E-state index contributed by atoms with van der Waals surface area (Å²) in [7, 11) is 0. The first-order valence-electron chi connectivity index (χ1n) is 8.69. The smallest absolute Gasteiger partial charge is 0.223 e. The van der Waals surface area contributed by atoms with Crippen LogP contribution in [0, 0.1) is 11.8 Å². The molecule has 2 N–H and O–H groups in total. The molecule has 1 saturated heterocycles. The molecule has 1 aliphatic heterocycles. The van der Waals surface area contributed by atoms with E-state index in [2.05, 4.69) is 24.5 Å². The molecule has 0 radical (unpaired) electrons. The predicted molar refractivity (Wildman–Crippen MR) is 83.6 cm³/mol. The van der Waals surface area contributed by atoms with Gasteiger partial charge in [-0.1, -0.05) is 32.1 Å². The standard InChI is InChI=1S/C17H32N2O/c1-13(8-9-15-6-4-3-5-7-15)19-17(20)16-10-11-18-14(2)12-16/h13-16,18H,3-12H2,1-2H3,(H,19,20)/t13?,14-,16-/m0/s1. The van der Waals surface area contributed by atoms with Crippen LogP contribution in [0.4, 0.5) is 0 Å². The third-order valence-corrected chi connectivity index (χ3v) is 5.12. The van der Waals surface area contributed by atoms with E-state index < -0.39 is 0 Å². The van der Waals surface area contributed by atoms with Crippen LogP contribution in [0.25, 0.3) is 0 Å². The zero-order valence-corrected chi connectivity index (χ0v) is 13.3. The molecule has 3 heteroatoms. The lowest BCUT2D eigenvalue weighted by atomic mass is 9.85. The molecule has 2 aliphatic rings.